The molecular weight excluding hydrogens is 841 g/mol. The van der Waals surface area contributed by atoms with Crippen molar-refractivity contribution in [2.24, 2.45) is 18.9 Å². The van der Waals surface area contributed by atoms with Crippen molar-refractivity contribution in [2.75, 3.05) is 63.6 Å². The number of ether oxygens (including phenoxy) is 1. The second-order valence-corrected chi connectivity index (χ2v) is 18.2. The molecule has 17 nitrogen and oxygen atoms in total. The number of amides is 3. The third kappa shape index (κ3) is 10.2. The van der Waals surface area contributed by atoms with Gasteiger partial charge in [0.25, 0.3) is 12.3 Å². The first-order chi connectivity index (χ1) is 31.5. The van der Waals surface area contributed by atoms with Crippen LogP contribution in [0.25, 0.3) is 22.5 Å². The smallest absolute Gasteiger partial charge is 0.329 e. The summed E-state index contributed by atoms with van der Waals surface area (Å²) in [5.74, 6) is 0.605. The summed E-state index contributed by atoms with van der Waals surface area (Å²) in [6.07, 6.45) is 9.53. The van der Waals surface area contributed by atoms with Crippen LogP contribution in [-0.4, -0.2) is 115 Å². The molecule has 0 radical (unpaired) electrons. The van der Waals surface area contributed by atoms with Gasteiger partial charge in [-0.3, -0.25) is 38.4 Å². The van der Waals surface area contributed by atoms with Gasteiger partial charge >= 0.3 is 5.69 Å². The molecule has 5 aromatic rings. The molecule has 1 unspecified atom stereocenters. The lowest BCUT2D eigenvalue weighted by atomic mass is 9.86. The molecule has 3 N–H and O–H groups in total. The number of imidazole rings is 1. The zero-order chi connectivity index (χ0) is 45.2. The molecule has 4 aliphatic rings. The Kier molecular flexibility index (Phi) is 13.2. The van der Waals surface area contributed by atoms with Crippen molar-refractivity contribution in [2.45, 2.75) is 88.8 Å². The Balaban J connectivity index is 0.731. The molecule has 0 spiro atoms. The van der Waals surface area contributed by atoms with Crippen molar-refractivity contribution in [3.8, 4) is 11.5 Å². The van der Waals surface area contributed by atoms with Crippen LogP contribution in [0.1, 0.15) is 98.0 Å². The Labute approximate surface area is 374 Å². The Hall–Kier alpha value is -5.79. The van der Waals surface area contributed by atoms with Gasteiger partial charge in [-0.15, -0.1) is 0 Å². The SMILES string of the molecule is CN(CC1CCC(n2cc(NC(=O)c3coc(-c4ccnc(NCC5CC5)c4)n3)c(C(F)F)n2)CC1)C[C@H]1CN(CCCc2cccc3c2n(C)c(=O)n3C2CCC(=O)NC2=O)CCO1. The normalized spacial score (nSPS) is 21.9. The summed E-state index contributed by atoms with van der Waals surface area (Å²) in [5, 5.41) is 12.5. The first-order valence-electron chi connectivity index (χ1n) is 22.9. The lowest BCUT2D eigenvalue weighted by molar-refractivity contribution is -0.135. The summed E-state index contributed by atoms with van der Waals surface area (Å²) in [6.45, 7) is 5.73. The lowest BCUT2D eigenvalue weighted by Gasteiger charge is -2.36. The van der Waals surface area contributed by atoms with E-state index in [4.69, 9.17) is 9.15 Å². The van der Waals surface area contributed by atoms with Crippen molar-refractivity contribution < 1.29 is 32.3 Å². The number of aryl methyl sites for hydroxylation is 2. The number of anilines is 2. The van der Waals surface area contributed by atoms with E-state index >= 15 is 0 Å². The van der Waals surface area contributed by atoms with Gasteiger partial charge in [0, 0.05) is 64.1 Å². The van der Waals surface area contributed by atoms with E-state index in [1.807, 2.05) is 18.2 Å². The van der Waals surface area contributed by atoms with E-state index in [2.05, 4.69) is 47.9 Å². The minimum absolute atomic E-state index is 0.0327. The van der Waals surface area contributed by atoms with Gasteiger partial charge in [0.1, 0.15) is 18.1 Å². The fraction of sp³-hybridized carbons (Fsp3) is 0.543. The fourth-order valence-corrected chi connectivity index (χ4v) is 9.77. The predicted molar refractivity (Wildman–Crippen MR) is 238 cm³/mol. The van der Waals surface area contributed by atoms with E-state index in [-0.39, 0.29) is 47.4 Å². The number of halogens is 2. The van der Waals surface area contributed by atoms with Gasteiger partial charge in [0.2, 0.25) is 17.7 Å². The first kappa shape index (κ1) is 44.4. The van der Waals surface area contributed by atoms with Gasteiger partial charge in [-0.1, -0.05) is 12.1 Å². The second-order valence-electron chi connectivity index (χ2n) is 18.2. The standard InChI is InChI=1S/C46H57F2N11O6/c1-55(24-33-25-57(19-20-64-33)18-4-6-30-5-3-7-36-41(30)56(2)46(63)59(36)37-14-15-39(60)53-44(37)62)23-29-10-12-32(13-11-29)58-26-34(40(54-58)42(47)48)51-43(61)35-27-65-45(52-35)31-16-17-49-38(21-31)50-22-28-8-9-28/h3,5,7,16-17,21,26-29,32-33,37,42H,4,6,8-15,18-20,22-25H2,1-2H3,(H,49,50)(H,51,61)(H,53,60,62)/t29?,32?,33-,37?/m0/s1. The summed E-state index contributed by atoms with van der Waals surface area (Å²) in [7, 11) is 3.86. The average Bonchev–Trinajstić information content (AvgIpc) is 3.70. The molecule has 3 amide bonds. The van der Waals surface area contributed by atoms with Crippen LogP contribution in [0.15, 0.2) is 58.2 Å². The van der Waals surface area contributed by atoms with Gasteiger partial charge in [-0.25, -0.2) is 23.5 Å². The number of morpholine rings is 1. The summed E-state index contributed by atoms with van der Waals surface area (Å²) < 4.78 is 45.0. The fourth-order valence-electron chi connectivity index (χ4n) is 9.77. The van der Waals surface area contributed by atoms with E-state index in [1.54, 1.807) is 34.6 Å². The number of pyridine rings is 1. The molecule has 0 bridgehead atoms. The number of para-hydroxylation sites is 1. The number of nitrogens with zero attached hydrogens (tertiary/aromatic N) is 8. The molecule has 19 heteroatoms. The summed E-state index contributed by atoms with van der Waals surface area (Å²) in [4.78, 5) is 64.4. The minimum Gasteiger partial charge on any atom is -0.444 e. The van der Waals surface area contributed by atoms with E-state index in [9.17, 15) is 28.0 Å². The topological polar surface area (TPSA) is 187 Å². The Morgan fingerprint density at radius 1 is 1.05 bits per heavy atom. The Bertz CT molecular complexity index is 2570. The third-order valence-electron chi connectivity index (χ3n) is 13.4. The molecule has 4 aromatic heterocycles. The summed E-state index contributed by atoms with van der Waals surface area (Å²) in [6, 6.07) is 8.59. The lowest BCUT2D eigenvalue weighted by Crippen LogP contribution is -2.47. The summed E-state index contributed by atoms with van der Waals surface area (Å²) >= 11 is 0. The molecule has 1 aromatic carbocycles. The number of nitrogens with one attached hydrogen (secondary N) is 3. The van der Waals surface area contributed by atoms with Crippen LogP contribution < -0.4 is 21.6 Å². The number of alkyl halides is 2. The summed E-state index contributed by atoms with van der Waals surface area (Å²) in [5.41, 5.74) is 2.40. The van der Waals surface area contributed by atoms with Gasteiger partial charge in [0.15, 0.2) is 11.4 Å². The van der Waals surface area contributed by atoms with E-state index < -0.39 is 30.0 Å². The van der Waals surface area contributed by atoms with Crippen molar-refractivity contribution in [1.82, 2.24) is 44.0 Å². The average molecular weight is 898 g/mol. The zero-order valence-electron chi connectivity index (χ0n) is 36.9. The maximum Gasteiger partial charge on any atom is 0.329 e. The number of imide groups is 1. The van der Waals surface area contributed by atoms with Crippen LogP contribution in [0, 0.1) is 11.8 Å². The monoisotopic (exact) mass is 897 g/mol. The van der Waals surface area contributed by atoms with Gasteiger partial charge < -0.3 is 24.7 Å². The molecule has 9 rings (SSSR count). The molecule has 2 aliphatic heterocycles. The van der Waals surface area contributed by atoms with Crippen molar-refractivity contribution in [3.05, 3.63) is 76.4 Å². The highest BCUT2D eigenvalue weighted by molar-refractivity contribution is 6.03. The zero-order valence-corrected chi connectivity index (χ0v) is 36.9. The number of hydrogen-bond acceptors (Lipinski definition) is 12. The highest BCUT2D eigenvalue weighted by atomic mass is 19.3. The van der Waals surface area contributed by atoms with Crippen LogP contribution in [-0.2, 0) is 27.8 Å². The number of hydrogen-bond donors (Lipinski definition) is 3. The second kappa shape index (κ2) is 19.4. The first-order valence-corrected chi connectivity index (χ1v) is 22.9. The predicted octanol–water partition coefficient (Wildman–Crippen LogP) is 5.57. The number of likely N-dealkylation sites (N-methyl/N-ethyl adjacent to an activating group) is 1. The van der Waals surface area contributed by atoms with Crippen molar-refractivity contribution in [1.29, 1.82) is 0 Å². The number of fused-ring (bicyclic) bond motifs is 1. The van der Waals surface area contributed by atoms with Crippen LogP contribution in [0.3, 0.4) is 0 Å². The number of rotatable bonds is 17. The highest BCUT2D eigenvalue weighted by Gasteiger charge is 2.33. The van der Waals surface area contributed by atoms with E-state index in [1.165, 1.54) is 29.9 Å². The maximum atomic E-state index is 14.2. The molecule has 2 atom stereocenters. The molecule has 2 saturated carbocycles. The maximum absolute atomic E-state index is 14.2. The van der Waals surface area contributed by atoms with E-state index in [0.717, 1.165) is 88.9 Å². The molecular formula is C46H57F2N11O6. The van der Waals surface area contributed by atoms with Crippen LogP contribution in [0.4, 0.5) is 20.3 Å². The Morgan fingerprint density at radius 2 is 1.86 bits per heavy atom. The van der Waals surface area contributed by atoms with Crippen molar-refractivity contribution in [3.63, 3.8) is 0 Å². The molecule has 4 fully saturated rings. The highest BCUT2D eigenvalue weighted by Crippen LogP contribution is 2.36. The molecule has 65 heavy (non-hydrogen) atoms. The third-order valence-corrected chi connectivity index (χ3v) is 13.4. The molecule has 346 valence electrons. The van der Waals surface area contributed by atoms with Crippen LogP contribution >= 0.6 is 0 Å². The largest absolute Gasteiger partial charge is 0.444 e. The van der Waals surface area contributed by atoms with E-state index in [0.29, 0.717) is 41.8 Å². The minimum atomic E-state index is -2.88. The van der Waals surface area contributed by atoms with Crippen LogP contribution in [0.2, 0.25) is 0 Å². The number of benzene rings is 1. The number of aromatic nitrogens is 6. The number of oxazole rings is 1. The number of carbonyl (C=O) groups excluding carboxylic acids is 3. The van der Waals surface area contributed by atoms with Gasteiger partial charge in [-0.2, -0.15) is 5.10 Å². The van der Waals surface area contributed by atoms with Gasteiger partial charge in [0.05, 0.1) is 35.5 Å². The number of carbonyl (C=O) groups is 3. The Morgan fingerprint density at radius 3 is 2.65 bits per heavy atom. The number of piperidine rings is 1. The molecule has 2 aliphatic carbocycles. The molecule has 6 heterocycles. The van der Waals surface area contributed by atoms with Crippen molar-refractivity contribution >= 4 is 40.3 Å². The molecule has 2 saturated heterocycles. The van der Waals surface area contributed by atoms with Crippen LogP contribution in [0.5, 0.6) is 0 Å². The quantitative estimate of drug-likeness (QED) is 0.0987. The van der Waals surface area contributed by atoms with Gasteiger partial charge in [-0.05, 0) is 107 Å².